The third-order valence-corrected chi connectivity index (χ3v) is 6.82. The molecule has 0 spiro atoms. The van der Waals surface area contributed by atoms with Crippen LogP contribution < -0.4 is 5.32 Å². The maximum absolute atomic E-state index is 14.6. The maximum Gasteiger partial charge on any atom is 0.373 e. The van der Waals surface area contributed by atoms with Gasteiger partial charge in [0, 0.05) is 45.5 Å². The van der Waals surface area contributed by atoms with Gasteiger partial charge in [-0.05, 0) is 56.1 Å². The second kappa shape index (κ2) is 20.2. The molecule has 2 aromatic rings. The van der Waals surface area contributed by atoms with Crippen molar-refractivity contribution in [1.29, 1.82) is 0 Å². The predicted octanol–water partition coefficient (Wildman–Crippen LogP) is 2.90. The van der Waals surface area contributed by atoms with Gasteiger partial charge < -0.3 is 25.2 Å². The lowest BCUT2D eigenvalue weighted by Crippen LogP contribution is -2.54. The Labute approximate surface area is 251 Å². The number of nitrogens with zero attached hydrogens (tertiary/aromatic N) is 4. The van der Waals surface area contributed by atoms with E-state index in [4.69, 9.17) is 19.4 Å². The molecule has 1 aromatic heterocycles. The monoisotopic (exact) mass is 605 g/mol. The second-order valence-electron chi connectivity index (χ2n) is 10.5. The summed E-state index contributed by atoms with van der Waals surface area (Å²) in [5, 5.41) is 30.0. The highest BCUT2D eigenvalue weighted by Gasteiger charge is 2.35. The number of methoxy groups -OCH3 is 1. The molecule has 12 nitrogen and oxygen atoms in total. The Morgan fingerprint density at radius 3 is 2.49 bits per heavy atom. The van der Waals surface area contributed by atoms with Crippen molar-refractivity contribution in [1.82, 2.24) is 25.2 Å². The van der Waals surface area contributed by atoms with Crippen LogP contribution in [0.15, 0.2) is 36.9 Å². The largest absolute Gasteiger partial charge is 0.478 e. The number of rotatable bonds is 13. The lowest BCUT2D eigenvalue weighted by atomic mass is 9.88. The summed E-state index contributed by atoms with van der Waals surface area (Å²) < 4.78 is 21.3. The number of benzene rings is 1. The van der Waals surface area contributed by atoms with Crippen LogP contribution in [0.1, 0.15) is 62.6 Å². The van der Waals surface area contributed by atoms with Crippen molar-refractivity contribution in [2.45, 2.75) is 65.0 Å². The molecule has 2 heterocycles. The van der Waals surface area contributed by atoms with Gasteiger partial charge in [-0.2, -0.15) is 9.59 Å². The van der Waals surface area contributed by atoms with Gasteiger partial charge in [-0.15, -0.1) is 5.10 Å². The van der Waals surface area contributed by atoms with Gasteiger partial charge in [-0.1, -0.05) is 44.7 Å². The SMILES string of the molecule is C=CC(=O)O.CCC(O)[C@H]1CNC[C@@H](N(CC(C)C)C(=O)c2nnn(-c3ccccc3F)c2CCCCOC)C1.O=C=O. The highest BCUT2D eigenvalue weighted by molar-refractivity contribution is 5.93. The van der Waals surface area contributed by atoms with Crippen LogP contribution in [0.2, 0.25) is 0 Å². The van der Waals surface area contributed by atoms with Crippen LogP contribution in [-0.4, -0.2) is 93.6 Å². The third kappa shape index (κ3) is 12.2. The number of aliphatic hydroxyl groups excluding tert-OH is 1. The normalized spacial score (nSPS) is 16.5. The zero-order valence-corrected chi connectivity index (χ0v) is 25.4. The number of aliphatic carboxylic acids is 1. The average Bonchev–Trinajstić information content (AvgIpc) is 3.41. The Morgan fingerprint density at radius 2 is 1.93 bits per heavy atom. The van der Waals surface area contributed by atoms with Crippen molar-refractivity contribution in [3.8, 4) is 5.69 Å². The van der Waals surface area contributed by atoms with Crippen molar-refractivity contribution >= 4 is 18.0 Å². The maximum atomic E-state index is 14.6. The summed E-state index contributed by atoms with van der Waals surface area (Å²) in [5.74, 6) is -1.25. The van der Waals surface area contributed by atoms with Crippen LogP contribution in [-0.2, 0) is 25.5 Å². The summed E-state index contributed by atoms with van der Waals surface area (Å²) in [6, 6.07) is 6.33. The summed E-state index contributed by atoms with van der Waals surface area (Å²) in [6.07, 6.45) is 4.19. The van der Waals surface area contributed by atoms with Crippen LogP contribution in [0.5, 0.6) is 0 Å². The average molecular weight is 606 g/mol. The van der Waals surface area contributed by atoms with E-state index in [-0.39, 0.29) is 41.3 Å². The summed E-state index contributed by atoms with van der Waals surface area (Å²) in [4.78, 5) is 41.3. The Hall–Kier alpha value is -3.77. The molecule has 1 unspecified atom stereocenters. The first-order valence-electron chi connectivity index (χ1n) is 14.3. The molecule has 1 aliphatic heterocycles. The van der Waals surface area contributed by atoms with E-state index in [1.165, 1.54) is 10.7 Å². The first-order chi connectivity index (χ1) is 20.6. The van der Waals surface area contributed by atoms with Crippen molar-refractivity contribution in [3.63, 3.8) is 0 Å². The minimum absolute atomic E-state index is 0.0650. The van der Waals surface area contributed by atoms with E-state index in [1.54, 1.807) is 25.3 Å². The number of para-hydroxylation sites is 1. The zero-order valence-electron chi connectivity index (χ0n) is 25.4. The lowest BCUT2D eigenvalue weighted by Gasteiger charge is -2.40. The molecule has 0 radical (unpaired) electrons. The molecule has 1 fully saturated rings. The van der Waals surface area contributed by atoms with Crippen LogP contribution in [0, 0.1) is 17.7 Å². The van der Waals surface area contributed by atoms with E-state index >= 15 is 0 Å². The van der Waals surface area contributed by atoms with Crippen LogP contribution >= 0.6 is 0 Å². The van der Waals surface area contributed by atoms with E-state index in [2.05, 4.69) is 36.1 Å². The highest BCUT2D eigenvalue weighted by Crippen LogP contribution is 2.25. The number of carbonyl (C=O) groups is 2. The first-order valence-corrected chi connectivity index (χ1v) is 14.3. The molecule has 3 rings (SSSR count). The number of aliphatic hydroxyl groups is 1. The number of aromatic nitrogens is 3. The van der Waals surface area contributed by atoms with Gasteiger partial charge >= 0.3 is 12.1 Å². The molecule has 0 aliphatic carbocycles. The topological polar surface area (TPSA) is 164 Å². The number of carboxylic acids is 1. The molecular weight excluding hydrogens is 561 g/mol. The summed E-state index contributed by atoms with van der Waals surface area (Å²) in [6.45, 7) is 11.7. The molecule has 1 aliphatic rings. The number of amides is 1. The van der Waals surface area contributed by atoms with Gasteiger partial charge in [0.1, 0.15) is 11.5 Å². The van der Waals surface area contributed by atoms with Gasteiger partial charge in [0.25, 0.3) is 5.91 Å². The molecule has 13 heteroatoms. The quantitative estimate of drug-likeness (QED) is 0.228. The zero-order chi connectivity index (χ0) is 32.4. The molecule has 1 saturated heterocycles. The van der Waals surface area contributed by atoms with E-state index in [0.717, 1.165) is 31.9 Å². The second-order valence-corrected chi connectivity index (χ2v) is 10.5. The number of halogens is 1. The summed E-state index contributed by atoms with van der Waals surface area (Å²) in [5.41, 5.74) is 1.16. The summed E-state index contributed by atoms with van der Waals surface area (Å²) in [7, 11) is 1.66. The Morgan fingerprint density at radius 1 is 1.28 bits per heavy atom. The van der Waals surface area contributed by atoms with Crippen LogP contribution in [0.3, 0.4) is 0 Å². The van der Waals surface area contributed by atoms with Crippen molar-refractivity contribution in [2.75, 3.05) is 33.4 Å². The van der Waals surface area contributed by atoms with Gasteiger partial charge in [0.05, 0.1) is 11.8 Å². The van der Waals surface area contributed by atoms with E-state index < -0.39 is 17.9 Å². The molecule has 238 valence electrons. The number of piperidine rings is 1. The number of unbranched alkanes of at least 4 members (excludes halogenated alkanes) is 1. The van der Waals surface area contributed by atoms with Crippen LogP contribution in [0.4, 0.5) is 4.39 Å². The Kier molecular flexibility index (Phi) is 17.5. The molecule has 0 saturated carbocycles. The van der Waals surface area contributed by atoms with Crippen LogP contribution in [0.25, 0.3) is 5.69 Å². The first kappa shape index (κ1) is 37.3. The fourth-order valence-electron chi connectivity index (χ4n) is 4.79. The standard InChI is InChI=1S/C26H40FN5O3.C3H4O2.CO2/c1-5-24(33)19-14-20(16-28-15-19)31(17-18(2)3)26(34)25-23(12-8-9-13-35-4)32(30-29-25)22-11-7-6-10-21(22)27;1-2-3(4)5;2-1-3/h6-7,10-11,18-20,24,28,33H,5,8-9,12-17H2,1-4H3;2H,1H2,(H,4,5);/t19-,20+,24?;;/m1../s1. The molecular formula is C30H44FN5O7. The number of carboxylic acid groups (broad SMARTS) is 1. The van der Waals surface area contributed by atoms with E-state index in [1.807, 2.05) is 11.8 Å². The summed E-state index contributed by atoms with van der Waals surface area (Å²) >= 11 is 0. The van der Waals surface area contributed by atoms with Crippen molar-refractivity contribution < 1.29 is 38.5 Å². The van der Waals surface area contributed by atoms with Gasteiger partial charge in [0.2, 0.25) is 0 Å². The number of nitrogens with one attached hydrogen (secondary N) is 1. The number of hydrogen-bond acceptors (Lipinski definition) is 9. The van der Waals surface area contributed by atoms with E-state index in [0.29, 0.717) is 38.2 Å². The fourth-order valence-corrected chi connectivity index (χ4v) is 4.79. The van der Waals surface area contributed by atoms with Gasteiger partial charge in [-0.25, -0.2) is 13.9 Å². The number of hydrogen-bond donors (Lipinski definition) is 3. The highest BCUT2D eigenvalue weighted by atomic mass is 19.1. The number of carbonyl (C=O) groups excluding carboxylic acids is 3. The molecule has 1 amide bonds. The predicted molar refractivity (Wildman–Crippen MR) is 156 cm³/mol. The molecule has 1 aromatic carbocycles. The smallest absolute Gasteiger partial charge is 0.373 e. The van der Waals surface area contributed by atoms with Gasteiger partial charge in [-0.3, -0.25) is 4.79 Å². The van der Waals surface area contributed by atoms with E-state index in [9.17, 15) is 19.1 Å². The third-order valence-electron chi connectivity index (χ3n) is 6.82. The molecule has 3 atom stereocenters. The lowest BCUT2D eigenvalue weighted by molar-refractivity contribution is -0.191. The Bertz CT molecular complexity index is 1180. The molecule has 0 bridgehead atoms. The fraction of sp³-hybridized carbons (Fsp3) is 0.567. The van der Waals surface area contributed by atoms with Crippen molar-refractivity contribution in [3.05, 3.63) is 54.1 Å². The minimum atomic E-state index is -0.981. The number of ether oxygens (including phenoxy) is 1. The molecule has 43 heavy (non-hydrogen) atoms. The van der Waals surface area contributed by atoms with Crippen molar-refractivity contribution in [2.24, 2.45) is 11.8 Å². The Balaban J connectivity index is 0.00000103. The minimum Gasteiger partial charge on any atom is -0.478 e. The van der Waals surface area contributed by atoms with Gasteiger partial charge in [0.15, 0.2) is 5.69 Å². The molecule has 3 N–H and O–H groups in total.